The number of nitrogens with one attached hydrogen (secondary N) is 2. The van der Waals surface area contributed by atoms with Gasteiger partial charge in [0.2, 0.25) is 0 Å². The number of hydrogen-bond donors (Lipinski definition) is 2. The molecule has 20 heavy (non-hydrogen) atoms. The number of benzene rings is 1. The van der Waals surface area contributed by atoms with Gasteiger partial charge >= 0.3 is 0 Å². The van der Waals surface area contributed by atoms with Gasteiger partial charge in [-0.05, 0) is 6.07 Å². The van der Waals surface area contributed by atoms with Crippen molar-refractivity contribution < 1.29 is 24.8 Å². The third-order valence-electron chi connectivity index (χ3n) is 2.65. The minimum absolute atomic E-state index is 0. The second-order valence-corrected chi connectivity index (χ2v) is 4.04. The van der Waals surface area contributed by atoms with Crippen molar-refractivity contribution in [1.29, 1.82) is 0 Å². The van der Waals surface area contributed by atoms with Gasteiger partial charge in [-0.25, -0.2) is 9.37 Å². The van der Waals surface area contributed by atoms with E-state index in [0.717, 1.165) is 0 Å². The Morgan fingerprint density at radius 1 is 1.40 bits per heavy atom. The number of nitrogens with zero attached hydrogens (tertiary/aromatic N) is 3. The third-order valence-corrected chi connectivity index (χ3v) is 2.65. The van der Waals surface area contributed by atoms with Crippen LogP contribution in [0.3, 0.4) is 0 Å². The second kappa shape index (κ2) is 4.99. The number of aromatic amines is 1. The fourth-order valence-corrected chi connectivity index (χ4v) is 1.83. The van der Waals surface area contributed by atoms with E-state index in [9.17, 15) is 4.39 Å². The normalized spacial score (nSPS) is 10.1. The van der Waals surface area contributed by atoms with Crippen LogP contribution in [0.1, 0.15) is 0 Å². The van der Waals surface area contributed by atoms with Gasteiger partial charge in [0.25, 0.3) is 0 Å². The molecule has 0 aliphatic rings. The molecule has 0 saturated carbocycles. The van der Waals surface area contributed by atoms with Crippen LogP contribution in [0.25, 0.3) is 28.3 Å². The average molecular weight is 698 g/mol. The maximum atomic E-state index is 13.3. The summed E-state index contributed by atoms with van der Waals surface area (Å²) in [6, 6.07) is 2.61. The Hall–Kier alpha value is -2.91. The summed E-state index contributed by atoms with van der Waals surface area (Å²) in [7, 11) is 1.75. The molecule has 0 spiro atoms. The number of aryl methyl sites for hydroxylation is 1. The first-order chi connectivity index (χ1) is 8.54. The maximum Gasteiger partial charge on any atom is 0.161 e. The van der Waals surface area contributed by atoms with Crippen molar-refractivity contribution in [2.24, 2.45) is 7.05 Å². The van der Waals surface area contributed by atoms with Crippen molar-refractivity contribution in [2.75, 3.05) is 5.73 Å². The van der Waals surface area contributed by atoms with Crippen LogP contribution in [-0.2, 0) is 27.5 Å². The van der Waals surface area contributed by atoms with Crippen molar-refractivity contribution in [3.63, 3.8) is 0 Å². The minimum atomic E-state index is -0.602. The fraction of sp³-hybridized carbons (Fsp3) is 0.0909. The van der Waals surface area contributed by atoms with Gasteiger partial charge in [0, 0.05) is 39.7 Å². The summed E-state index contributed by atoms with van der Waals surface area (Å²) in [5, 5.41) is 4.18. The Balaban J connectivity index is 0.000001000. The Labute approximate surface area is 121 Å². The summed E-state index contributed by atoms with van der Waals surface area (Å²) in [6.07, 6.45) is 1.67. The minimum Gasteiger partial charge on any atom is -0.696 e. The first-order valence-corrected chi connectivity index (χ1v) is 5.25. The van der Waals surface area contributed by atoms with Crippen LogP contribution in [-0.4, -0.2) is 19.7 Å². The molecule has 4 N–H and O–H groups in total. The van der Waals surface area contributed by atoms with E-state index in [0.29, 0.717) is 28.2 Å². The molecule has 0 aliphatic carbocycles. The molecule has 0 amide bonds. The van der Waals surface area contributed by atoms with Crippen molar-refractivity contribution >= 4 is 22.4 Å². The van der Waals surface area contributed by atoms with Crippen LogP contribution in [0.5, 0.6) is 0 Å². The molecular formula is C11H10FN6ReRf-. The first-order valence-electron chi connectivity index (χ1n) is 5.25. The standard InChI is InChI=1S/C11H10FN6.Re.Rf/c1-18-4-7(14)10(17-18)11-15-8-2-5(12)6(13)3-9(8)16-11;;/h2-4,13H,14H2,1H3,(H,15,16);;/q-1;;. The molecule has 0 saturated heterocycles. The van der Waals surface area contributed by atoms with Crippen LogP contribution >= 0.6 is 0 Å². The predicted octanol–water partition coefficient (Wildman–Crippen LogP) is 2.37. The Morgan fingerprint density at radius 2 is 2.10 bits per heavy atom. The average Bonchev–Trinajstić information content (AvgIpc) is 2.82. The van der Waals surface area contributed by atoms with Crippen LogP contribution in [0.2, 0.25) is 0 Å². The topological polar surface area (TPSA) is 96.3 Å². The molecule has 0 atom stereocenters. The fourth-order valence-electron chi connectivity index (χ4n) is 1.83. The quantitative estimate of drug-likeness (QED) is 0.409. The molecule has 0 aliphatic heterocycles. The zero-order valence-electron chi connectivity index (χ0n) is 10.6. The third kappa shape index (κ3) is 2.18. The molecular weight excluding hydrogens is 688 g/mol. The number of rotatable bonds is 1. The number of hydrogen-bond acceptors (Lipinski definition) is 3. The summed E-state index contributed by atoms with van der Waals surface area (Å²) in [5.74, 6) is -0.136. The van der Waals surface area contributed by atoms with Crippen LogP contribution in [0.15, 0.2) is 18.3 Å². The van der Waals surface area contributed by atoms with Crippen LogP contribution in [0.4, 0.5) is 15.8 Å². The van der Waals surface area contributed by atoms with E-state index in [-0.39, 0.29) is 26.1 Å². The number of fused-ring (bicyclic) bond motifs is 1. The molecule has 2 aromatic heterocycles. The van der Waals surface area contributed by atoms with E-state index in [4.69, 9.17) is 11.5 Å². The maximum absolute atomic E-state index is 13.3. The van der Waals surface area contributed by atoms with Gasteiger partial charge in [0.15, 0.2) is 11.5 Å². The number of nitrogen functional groups attached to an aromatic ring is 1. The summed E-state index contributed by atoms with van der Waals surface area (Å²) < 4.78 is 14.8. The molecule has 101 valence electrons. The van der Waals surface area contributed by atoms with Crippen molar-refractivity contribution in [3.05, 3.63) is 29.9 Å². The smallest absolute Gasteiger partial charge is 0.161 e. The first kappa shape index (κ1) is 15.2. The Kier molecular flexibility index (Phi) is 3.78. The second-order valence-electron chi connectivity index (χ2n) is 4.04. The number of aromatic nitrogens is 4. The van der Waals surface area contributed by atoms with Crippen molar-refractivity contribution in [3.8, 4) is 11.5 Å². The molecule has 9 heteroatoms. The number of H-pyrrole nitrogens is 1. The van der Waals surface area contributed by atoms with Gasteiger partial charge in [0.1, 0.15) is 5.82 Å². The van der Waals surface area contributed by atoms with Crippen LogP contribution in [0, 0.1) is 5.82 Å². The Morgan fingerprint density at radius 3 is 2.70 bits per heavy atom. The zero-order chi connectivity index (χ0) is 12.9. The SMILES string of the molecule is Cn1cc(N)c(-c2nc3cc(F)c([NH-])cc3[nH]2)n1.[Re].[Rf]. The van der Waals surface area contributed by atoms with Crippen LogP contribution < -0.4 is 5.73 Å². The van der Waals surface area contributed by atoms with E-state index in [2.05, 4.69) is 15.1 Å². The van der Waals surface area contributed by atoms with Crippen molar-refractivity contribution in [2.45, 2.75) is 0 Å². The monoisotopic (exact) mass is 699 g/mol. The van der Waals surface area contributed by atoms with Gasteiger partial charge < -0.3 is 16.5 Å². The van der Waals surface area contributed by atoms with E-state index in [1.807, 2.05) is 0 Å². The largest absolute Gasteiger partial charge is 0.696 e. The van der Waals surface area contributed by atoms with E-state index >= 15 is 0 Å². The number of anilines is 1. The van der Waals surface area contributed by atoms with E-state index in [1.165, 1.54) is 12.1 Å². The summed E-state index contributed by atoms with van der Waals surface area (Å²) in [5.41, 5.74) is 15.1. The molecule has 0 bridgehead atoms. The molecule has 0 fully saturated rings. The summed E-state index contributed by atoms with van der Waals surface area (Å²) in [4.78, 5) is 7.20. The predicted molar refractivity (Wildman–Crippen MR) is 66.6 cm³/mol. The van der Waals surface area contributed by atoms with Gasteiger partial charge in [0.05, 0.1) is 16.7 Å². The molecule has 3 aromatic rings. The molecule has 1 aromatic carbocycles. The molecule has 0 unspecified atom stereocenters. The van der Waals surface area contributed by atoms with Gasteiger partial charge in [-0.15, -0.1) is 5.69 Å². The van der Waals surface area contributed by atoms with E-state index in [1.54, 1.807) is 17.9 Å². The summed E-state index contributed by atoms with van der Waals surface area (Å²) >= 11 is 0. The van der Waals surface area contributed by atoms with E-state index < -0.39 is 5.82 Å². The number of halogens is 1. The Bertz CT molecular complexity index is 714. The molecule has 6 nitrogen and oxygen atoms in total. The van der Waals surface area contributed by atoms with Crippen molar-refractivity contribution in [1.82, 2.24) is 19.7 Å². The molecule has 3 rings (SSSR count). The number of nitrogens with two attached hydrogens (primary N) is 1. The zero-order valence-corrected chi connectivity index (χ0v) is 19.7. The number of imidazole rings is 1. The van der Waals surface area contributed by atoms with Gasteiger partial charge in [-0.3, -0.25) is 4.68 Å². The molecule has 1 radical (unpaired) electrons. The van der Waals surface area contributed by atoms with Gasteiger partial charge in [-0.2, -0.15) is 5.10 Å². The summed E-state index contributed by atoms with van der Waals surface area (Å²) in [6.45, 7) is 0. The molecule has 2 heterocycles. The van der Waals surface area contributed by atoms with Gasteiger partial charge in [-0.1, -0.05) is 0 Å².